The lowest BCUT2D eigenvalue weighted by molar-refractivity contribution is 0.0482. The summed E-state index contributed by atoms with van der Waals surface area (Å²) in [5.41, 5.74) is 3.14. The van der Waals surface area contributed by atoms with Crippen molar-refractivity contribution in [3.63, 3.8) is 0 Å². The summed E-state index contributed by atoms with van der Waals surface area (Å²) in [5.74, 6) is 0.559. The number of ether oxygens (including phenoxy) is 1. The molecule has 4 rings (SSSR count). The lowest BCUT2D eigenvalue weighted by Gasteiger charge is -2.41. The van der Waals surface area contributed by atoms with Gasteiger partial charge in [0.25, 0.3) is 5.91 Å². The van der Waals surface area contributed by atoms with Gasteiger partial charge < -0.3 is 9.64 Å². The third-order valence-electron chi connectivity index (χ3n) is 6.66. The van der Waals surface area contributed by atoms with Crippen LogP contribution in [0.25, 0.3) is 0 Å². The Morgan fingerprint density at radius 3 is 2.59 bits per heavy atom. The second kappa shape index (κ2) is 12.2. The standard InChI is InChI=1S/C27H34N4O2S/c1-21-29-25(20-34-21)27(32)30-13-10-24(11-14-30)26(17-22-7-4-3-5-8-22)31(15-16-33-2)19-23-9-6-12-28-18-23/h3-9,12,18,20,24,26H,10-11,13-17,19H2,1-2H3. The molecule has 0 saturated carbocycles. The molecule has 1 unspecified atom stereocenters. The molecule has 3 heterocycles. The molecule has 1 amide bonds. The van der Waals surface area contributed by atoms with E-state index in [0.717, 1.165) is 50.4 Å². The Labute approximate surface area is 206 Å². The molecule has 1 fully saturated rings. The minimum absolute atomic E-state index is 0.0639. The summed E-state index contributed by atoms with van der Waals surface area (Å²) in [4.78, 5) is 26.2. The van der Waals surface area contributed by atoms with Crippen molar-refractivity contribution in [2.45, 2.75) is 38.8 Å². The van der Waals surface area contributed by atoms with Crippen molar-refractivity contribution in [2.75, 3.05) is 33.4 Å². The van der Waals surface area contributed by atoms with Gasteiger partial charge in [-0.25, -0.2) is 4.98 Å². The molecule has 0 bridgehead atoms. The number of methoxy groups -OCH3 is 1. The molecule has 6 nitrogen and oxygen atoms in total. The molecule has 1 atom stereocenters. The SMILES string of the molecule is COCCN(Cc1cccnc1)C(Cc1ccccc1)C1CCN(C(=O)c2csc(C)n2)CC1. The summed E-state index contributed by atoms with van der Waals surface area (Å²) < 4.78 is 5.48. The van der Waals surface area contributed by atoms with Crippen molar-refractivity contribution >= 4 is 17.2 Å². The Hall–Kier alpha value is -2.61. The van der Waals surface area contributed by atoms with Gasteiger partial charge in [-0.2, -0.15) is 0 Å². The van der Waals surface area contributed by atoms with Gasteiger partial charge in [0.15, 0.2) is 0 Å². The highest BCUT2D eigenvalue weighted by Gasteiger charge is 2.33. The number of rotatable bonds is 10. The van der Waals surface area contributed by atoms with E-state index >= 15 is 0 Å². The van der Waals surface area contributed by atoms with Crippen molar-refractivity contribution < 1.29 is 9.53 Å². The van der Waals surface area contributed by atoms with Crippen molar-refractivity contribution in [3.8, 4) is 0 Å². The van der Waals surface area contributed by atoms with Gasteiger partial charge in [-0.3, -0.25) is 14.7 Å². The van der Waals surface area contributed by atoms with Crippen LogP contribution in [-0.4, -0.2) is 65.1 Å². The zero-order chi connectivity index (χ0) is 23.8. The molecule has 1 aliphatic rings. The van der Waals surface area contributed by atoms with E-state index in [2.05, 4.69) is 51.3 Å². The van der Waals surface area contributed by atoms with Crippen LogP contribution in [0, 0.1) is 12.8 Å². The van der Waals surface area contributed by atoms with Crippen molar-refractivity contribution in [2.24, 2.45) is 5.92 Å². The topological polar surface area (TPSA) is 58.6 Å². The number of carbonyl (C=O) groups excluding carboxylic acids is 1. The number of pyridine rings is 1. The minimum Gasteiger partial charge on any atom is -0.383 e. The normalized spacial score (nSPS) is 15.6. The Bertz CT molecular complexity index is 1020. The van der Waals surface area contributed by atoms with E-state index < -0.39 is 0 Å². The van der Waals surface area contributed by atoms with Gasteiger partial charge in [-0.1, -0.05) is 36.4 Å². The van der Waals surface area contributed by atoms with Crippen LogP contribution in [0.15, 0.2) is 60.2 Å². The molecule has 2 aromatic heterocycles. The molecular weight excluding hydrogens is 444 g/mol. The summed E-state index contributed by atoms with van der Waals surface area (Å²) in [6.07, 6.45) is 6.73. The summed E-state index contributed by atoms with van der Waals surface area (Å²) in [5, 5.41) is 2.81. The van der Waals surface area contributed by atoms with E-state index in [1.54, 1.807) is 7.11 Å². The predicted octanol–water partition coefficient (Wildman–Crippen LogP) is 4.46. The number of benzene rings is 1. The van der Waals surface area contributed by atoms with E-state index in [9.17, 15) is 4.79 Å². The number of piperidine rings is 1. The zero-order valence-electron chi connectivity index (χ0n) is 20.1. The van der Waals surface area contributed by atoms with Gasteiger partial charge in [0.1, 0.15) is 5.69 Å². The number of amides is 1. The van der Waals surface area contributed by atoms with Crippen LogP contribution in [0.1, 0.15) is 39.5 Å². The first-order chi connectivity index (χ1) is 16.6. The minimum atomic E-state index is 0.0639. The van der Waals surface area contributed by atoms with Gasteiger partial charge in [0.05, 0.1) is 11.6 Å². The summed E-state index contributed by atoms with van der Waals surface area (Å²) >= 11 is 1.53. The molecule has 0 aliphatic carbocycles. The van der Waals surface area contributed by atoms with E-state index in [-0.39, 0.29) is 5.91 Å². The average Bonchev–Trinajstić information content (AvgIpc) is 3.32. The second-order valence-electron chi connectivity index (χ2n) is 8.96. The zero-order valence-corrected chi connectivity index (χ0v) is 20.9. The molecule has 1 aromatic carbocycles. The Morgan fingerprint density at radius 2 is 1.94 bits per heavy atom. The van der Waals surface area contributed by atoms with Crippen LogP contribution < -0.4 is 0 Å². The monoisotopic (exact) mass is 478 g/mol. The van der Waals surface area contributed by atoms with E-state index in [0.29, 0.717) is 24.3 Å². The number of thiazole rings is 1. The van der Waals surface area contributed by atoms with Crippen molar-refractivity contribution in [1.82, 2.24) is 19.8 Å². The largest absolute Gasteiger partial charge is 0.383 e. The molecule has 3 aromatic rings. The van der Waals surface area contributed by atoms with Gasteiger partial charge >= 0.3 is 0 Å². The quantitative estimate of drug-likeness (QED) is 0.431. The Balaban J connectivity index is 1.50. The maximum atomic E-state index is 12.9. The third kappa shape index (κ3) is 6.50. The number of nitrogens with zero attached hydrogens (tertiary/aromatic N) is 4. The predicted molar refractivity (Wildman–Crippen MR) is 136 cm³/mol. The third-order valence-corrected chi connectivity index (χ3v) is 7.43. The molecule has 0 radical (unpaired) electrons. The van der Waals surface area contributed by atoms with Crippen molar-refractivity contribution in [3.05, 3.63) is 82.1 Å². The number of hydrogen-bond donors (Lipinski definition) is 0. The number of hydrogen-bond acceptors (Lipinski definition) is 6. The molecular formula is C27H34N4O2S. The first-order valence-corrected chi connectivity index (χ1v) is 12.9. The Morgan fingerprint density at radius 1 is 1.18 bits per heavy atom. The fourth-order valence-corrected chi connectivity index (χ4v) is 5.44. The smallest absolute Gasteiger partial charge is 0.273 e. The number of carbonyl (C=O) groups is 1. The van der Waals surface area contributed by atoms with E-state index in [1.165, 1.54) is 22.5 Å². The highest BCUT2D eigenvalue weighted by molar-refractivity contribution is 7.09. The summed E-state index contributed by atoms with van der Waals surface area (Å²) in [6.45, 7) is 5.88. The molecule has 1 aliphatic heterocycles. The van der Waals surface area contributed by atoms with Crippen LogP contribution in [-0.2, 0) is 17.7 Å². The first-order valence-electron chi connectivity index (χ1n) is 12.0. The highest BCUT2D eigenvalue weighted by atomic mass is 32.1. The summed E-state index contributed by atoms with van der Waals surface area (Å²) in [6, 6.07) is 15.2. The summed E-state index contributed by atoms with van der Waals surface area (Å²) in [7, 11) is 1.76. The van der Waals surface area contributed by atoms with Gasteiger partial charge in [-0.05, 0) is 49.3 Å². The molecule has 180 valence electrons. The van der Waals surface area contributed by atoms with Gasteiger partial charge in [0.2, 0.25) is 0 Å². The van der Waals surface area contributed by atoms with E-state index in [4.69, 9.17) is 4.74 Å². The molecule has 0 spiro atoms. The van der Waals surface area contributed by atoms with E-state index in [1.807, 2.05) is 35.7 Å². The molecule has 1 saturated heterocycles. The second-order valence-corrected chi connectivity index (χ2v) is 10.0. The Kier molecular flexibility index (Phi) is 8.79. The lowest BCUT2D eigenvalue weighted by atomic mass is 9.84. The number of aromatic nitrogens is 2. The maximum Gasteiger partial charge on any atom is 0.273 e. The van der Waals surface area contributed by atoms with Crippen LogP contribution in [0.4, 0.5) is 0 Å². The van der Waals surface area contributed by atoms with Gasteiger partial charge in [0, 0.05) is 57.1 Å². The van der Waals surface area contributed by atoms with Crippen LogP contribution in [0.3, 0.4) is 0 Å². The molecule has 34 heavy (non-hydrogen) atoms. The first kappa shape index (κ1) is 24.5. The number of aryl methyl sites for hydroxylation is 1. The van der Waals surface area contributed by atoms with Gasteiger partial charge in [-0.15, -0.1) is 11.3 Å². The maximum absolute atomic E-state index is 12.9. The van der Waals surface area contributed by atoms with Crippen molar-refractivity contribution in [1.29, 1.82) is 0 Å². The number of likely N-dealkylation sites (tertiary alicyclic amines) is 1. The average molecular weight is 479 g/mol. The lowest BCUT2D eigenvalue weighted by Crippen LogP contribution is -2.48. The molecule has 0 N–H and O–H groups in total. The highest BCUT2D eigenvalue weighted by Crippen LogP contribution is 2.29. The van der Waals surface area contributed by atoms with Crippen LogP contribution in [0.5, 0.6) is 0 Å². The molecule has 7 heteroatoms. The fourth-order valence-electron chi connectivity index (χ4n) is 4.86. The van der Waals surface area contributed by atoms with Crippen LogP contribution >= 0.6 is 11.3 Å². The van der Waals surface area contributed by atoms with Crippen LogP contribution in [0.2, 0.25) is 0 Å². The fraction of sp³-hybridized carbons (Fsp3) is 0.444.